The van der Waals surface area contributed by atoms with Crippen molar-refractivity contribution in [3.05, 3.63) is 29.3 Å². The molecular formula is C19H23F6N3O2S. The molecule has 1 aliphatic rings. The van der Waals surface area contributed by atoms with Crippen molar-refractivity contribution in [1.82, 2.24) is 10.2 Å². The molecule has 1 aromatic rings. The zero-order valence-corrected chi connectivity index (χ0v) is 17.9. The van der Waals surface area contributed by atoms with Gasteiger partial charge in [-0.1, -0.05) is 0 Å². The van der Waals surface area contributed by atoms with Crippen LogP contribution in [-0.2, 0) is 17.1 Å². The molecule has 31 heavy (non-hydrogen) atoms. The lowest BCUT2D eigenvalue weighted by Gasteiger charge is -2.29. The quantitative estimate of drug-likeness (QED) is 0.456. The van der Waals surface area contributed by atoms with E-state index in [1.807, 2.05) is 0 Å². The topological polar surface area (TPSA) is 53.6 Å². The fourth-order valence-corrected chi connectivity index (χ4v) is 3.22. The van der Waals surface area contributed by atoms with Crippen LogP contribution in [0.3, 0.4) is 0 Å². The maximum Gasteiger partial charge on any atom is 0.416 e. The zero-order valence-electron chi connectivity index (χ0n) is 17.1. The number of nitrogens with zero attached hydrogens (tertiary/aromatic N) is 1. The van der Waals surface area contributed by atoms with Crippen LogP contribution < -0.4 is 10.6 Å². The maximum atomic E-state index is 13.0. The molecule has 0 saturated carbocycles. The molecule has 174 valence electrons. The fourth-order valence-electron chi connectivity index (χ4n) is 3.02. The van der Waals surface area contributed by atoms with Gasteiger partial charge in [-0.15, -0.1) is 0 Å². The van der Waals surface area contributed by atoms with Crippen LogP contribution in [0.15, 0.2) is 18.2 Å². The molecule has 5 nitrogen and oxygen atoms in total. The number of thiocarbonyl (C=S) groups is 1. The van der Waals surface area contributed by atoms with E-state index >= 15 is 0 Å². The number of anilines is 1. The van der Waals surface area contributed by atoms with Crippen LogP contribution in [-0.4, -0.2) is 40.8 Å². The minimum Gasteiger partial charge on any atom is -0.444 e. The first-order valence-corrected chi connectivity index (χ1v) is 9.81. The molecule has 1 fully saturated rings. The summed E-state index contributed by atoms with van der Waals surface area (Å²) < 4.78 is 83.2. The van der Waals surface area contributed by atoms with Gasteiger partial charge in [-0.25, -0.2) is 4.79 Å². The molecule has 1 atom stereocenters. The van der Waals surface area contributed by atoms with Crippen LogP contribution in [0, 0.1) is 0 Å². The molecule has 2 rings (SSSR count). The number of hydrogen-bond donors (Lipinski definition) is 2. The standard InChI is InChI=1S/C19H23F6N3O2S/c1-17(2,3)30-16(29)28-6-4-5-14(28)10-26-15(31)27-13-8-11(18(20,21)22)7-12(9-13)19(23,24)25/h7-9,14H,4-6,10H2,1-3H3,(H2,26,27,31)/t14-/m0/s1. The minimum absolute atomic E-state index is 0.0406. The van der Waals surface area contributed by atoms with Crippen LogP contribution >= 0.6 is 12.2 Å². The molecule has 1 saturated heterocycles. The molecule has 0 aromatic heterocycles. The largest absolute Gasteiger partial charge is 0.444 e. The summed E-state index contributed by atoms with van der Waals surface area (Å²) in [6.07, 6.45) is -9.02. The van der Waals surface area contributed by atoms with Crippen molar-refractivity contribution >= 4 is 29.1 Å². The number of ether oxygens (including phenoxy) is 1. The van der Waals surface area contributed by atoms with Crippen molar-refractivity contribution < 1.29 is 35.9 Å². The third-order valence-corrected chi connectivity index (χ3v) is 4.60. The molecule has 1 aromatic carbocycles. The summed E-state index contributed by atoms with van der Waals surface area (Å²) in [6.45, 7) is 5.84. The SMILES string of the molecule is CC(C)(C)OC(=O)N1CCC[C@H]1CNC(=S)Nc1cc(C(F)(F)F)cc(C(F)(F)F)c1. The van der Waals surface area contributed by atoms with Gasteiger partial charge < -0.3 is 20.3 Å². The highest BCUT2D eigenvalue weighted by molar-refractivity contribution is 7.80. The number of halogens is 6. The second-order valence-electron chi connectivity index (χ2n) is 8.10. The Balaban J connectivity index is 2.05. The molecule has 1 heterocycles. The summed E-state index contributed by atoms with van der Waals surface area (Å²) in [5, 5.41) is 4.94. The Bertz CT molecular complexity index is 788. The summed E-state index contributed by atoms with van der Waals surface area (Å²) in [5.41, 5.74) is -4.01. The van der Waals surface area contributed by atoms with Gasteiger partial charge in [-0.05, 0) is 64.0 Å². The average Bonchev–Trinajstić information content (AvgIpc) is 3.05. The number of benzene rings is 1. The predicted octanol–water partition coefficient (Wildman–Crippen LogP) is 5.41. The predicted molar refractivity (Wildman–Crippen MR) is 107 cm³/mol. The van der Waals surface area contributed by atoms with E-state index in [0.717, 1.165) is 6.42 Å². The highest BCUT2D eigenvalue weighted by Gasteiger charge is 2.37. The summed E-state index contributed by atoms with van der Waals surface area (Å²) in [7, 11) is 0. The Hall–Kier alpha value is -2.24. The van der Waals surface area contributed by atoms with Crippen molar-refractivity contribution in [2.75, 3.05) is 18.4 Å². The normalized spacial score (nSPS) is 17.5. The van der Waals surface area contributed by atoms with Crippen molar-refractivity contribution in [2.24, 2.45) is 0 Å². The van der Waals surface area contributed by atoms with Crippen LogP contribution in [0.2, 0.25) is 0 Å². The zero-order chi connectivity index (χ0) is 23.6. The first-order valence-electron chi connectivity index (χ1n) is 9.40. The monoisotopic (exact) mass is 471 g/mol. The lowest BCUT2D eigenvalue weighted by molar-refractivity contribution is -0.143. The molecular weight excluding hydrogens is 448 g/mol. The molecule has 1 amide bonds. The van der Waals surface area contributed by atoms with E-state index in [1.54, 1.807) is 20.8 Å². The Labute approximate surface area is 181 Å². The Morgan fingerprint density at radius 1 is 1.10 bits per heavy atom. The Morgan fingerprint density at radius 3 is 2.13 bits per heavy atom. The van der Waals surface area contributed by atoms with Crippen LogP contribution in [0.5, 0.6) is 0 Å². The first-order chi connectivity index (χ1) is 14.1. The summed E-state index contributed by atoms with van der Waals surface area (Å²) in [6, 6.07) is 0.859. The number of nitrogens with one attached hydrogen (secondary N) is 2. The highest BCUT2D eigenvalue weighted by Crippen LogP contribution is 2.37. The van der Waals surface area contributed by atoms with Crippen molar-refractivity contribution in [3.8, 4) is 0 Å². The number of rotatable bonds is 3. The lowest BCUT2D eigenvalue weighted by Crippen LogP contribution is -2.45. The molecule has 0 unspecified atom stereocenters. The van der Waals surface area contributed by atoms with Gasteiger partial charge in [0.05, 0.1) is 17.2 Å². The van der Waals surface area contributed by atoms with Gasteiger partial charge in [0, 0.05) is 18.8 Å². The van der Waals surface area contributed by atoms with Gasteiger partial charge in [0.15, 0.2) is 5.11 Å². The molecule has 0 aliphatic carbocycles. The molecule has 1 aliphatic heterocycles. The molecule has 12 heteroatoms. The van der Waals surface area contributed by atoms with Gasteiger partial charge in [0.25, 0.3) is 0 Å². The van der Waals surface area contributed by atoms with Crippen molar-refractivity contribution in [1.29, 1.82) is 0 Å². The third kappa shape index (κ3) is 7.44. The third-order valence-electron chi connectivity index (χ3n) is 4.35. The van der Waals surface area contributed by atoms with E-state index in [1.165, 1.54) is 4.90 Å². The first kappa shape index (κ1) is 25.0. The second kappa shape index (κ2) is 9.09. The van der Waals surface area contributed by atoms with Gasteiger partial charge in [-0.3, -0.25) is 0 Å². The van der Waals surface area contributed by atoms with E-state index in [-0.39, 0.29) is 23.8 Å². The van der Waals surface area contributed by atoms with E-state index in [2.05, 4.69) is 10.6 Å². The van der Waals surface area contributed by atoms with Gasteiger partial charge in [0.1, 0.15) is 5.60 Å². The van der Waals surface area contributed by atoms with Crippen LogP contribution in [0.25, 0.3) is 0 Å². The highest BCUT2D eigenvalue weighted by atomic mass is 32.1. The molecule has 0 bridgehead atoms. The number of amides is 1. The van der Waals surface area contributed by atoms with Gasteiger partial charge in [0.2, 0.25) is 0 Å². The molecule has 0 radical (unpaired) electrons. The van der Waals surface area contributed by atoms with Crippen LogP contribution in [0.1, 0.15) is 44.7 Å². The fraction of sp³-hybridized carbons (Fsp3) is 0.579. The van der Waals surface area contributed by atoms with Crippen molar-refractivity contribution in [2.45, 2.75) is 57.6 Å². The number of alkyl halides is 6. The Morgan fingerprint density at radius 2 is 1.65 bits per heavy atom. The second-order valence-corrected chi connectivity index (χ2v) is 8.51. The molecule has 2 N–H and O–H groups in total. The van der Waals surface area contributed by atoms with E-state index in [4.69, 9.17) is 17.0 Å². The van der Waals surface area contributed by atoms with E-state index < -0.39 is 40.9 Å². The minimum atomic E-state index is -4.95. The van der Waals surface area contributed by atoms with Gasteiger partial charge in [-0.2, -0.15) is 26.3 Å². The van der Waals surface area contributed by atoms with Crippen molar-refractivity contribution in [3.63, 3.8) is 0 Å². The summed E-state index contributed by atoms with van der Waals surface area (Å²) >= 11 is 5.02. The number of likely N-dealkylation sites (tertiary alicyclic amines) is 1. The number of hydrogen-bond acceptors (Lipinski definition) is 3. The lowest BCUT2D eigenvalue weighted by atomic mass is 10.1. The Kier molecular flexibility index (Phi) is 7.34. The number of carbonyl (C=O) groups is 1. The van der Waals surface area contributed by atoms with Crippen LogP contribution in [0.4, 0.5) is 36.8 Å². The number of carbonyl (C=O) groups excluding carboxylic acids is 1. The average molecular weight is 471 g/mol. The van der Waals surface area contributed by atoms with Gasteiger partial charge >= 0.3 is 18.4 Å². The smallest absolute Gasteiger partial charge is 0.416 e. The summed E-state index contributed by atoms with van der Waals surface area (Å²) in [4.78, 5) is 13.8. The van der Waals surface area contributed by atoms with E-state index in [0.29, 0.717) is 25.1 Å². The van der Waals surface area contributed by atoms with E-state index in [9.17, 15) is 31.1 Å². The summed E-state index contributed by atoms with van der Waals surface area (Å²) in [5.74, 6) is 0. The molecule has 0 spiro atoms. The maximum absolute atomic E-state index is 13.0.